The van der Waals surface area contributed by atoms with E-state index in [0.29, 0.717) is 17.7 Å². The van der Waals surface area contributed by atoms with E-state index in [2.05, 4.69) is 15.6 Å². The molecule has 0 bridgehead atoms. The normalized spacial score (nSPS) is 12.0. The van der Waals surface area contributed by atoms with Gasteiger partial charge in [0.25, 0.3) is 5.91 Å². The van der Waals surface area contributed by atoms with E-state index in [1.807, 2.05) is 44.3 Å². The fourth-order valence-electron chi connectivity index (χ4n) is 3.18. The maximum atomic E-state index is 12.8. The zero-order chi connectivity index (χ0) is 20.1. The molecule has 6 heteroatoms. The van der Waals surface area contributed by atoms with Crippen molar-refractivity contribution in [3.63, 3.8) is 0 Å². The third-order valence-corrected chi connectivity index (χ3v) is 4.50. The number of H-pyrrole nitrogens is 1. The minimum Gasteiger partial charge on any atom is -0.496 e. The Balaban J connectivity index is 1.86. The largest absolute Gasteiger partial charge is 0.496 e. The summed E-state index contributed by atoms with van der Waals surface area (Å²) < 4.78 is 5.27. The molecule has 0 aliphatic rings. The standard InChI is InChI=1S/C22H25N3O3/c1-14(2)24-22(27)19(12-15-13-23-18-10-6-4-8-16(15)18)25-21(26)17-9-5-7-11-20(17)28-3/h4-11,13-14,19,23H,12H2,1-3H3,(H,24,27)(H,25,26)/t19-/m1/s1. The first-order chi connectivity index (χ1) is 13.5. The van der Waals surface area contributed by atoms with Crippen molar-refractivity contribution in [1.29, 1.82) is 0 Å². The molecule has 146 valence electrons. The zero-order valence-corrected chi connectivity index (χ0v) is 16.3. The molecule has 0 unspecified atom stereocenters. The summed E-state index contributed by atoms with van der Waals surface area (Å²) in [6, 6.07) is 14.1. The molecule has 0 aliphatic heterocycles. The van der Waals surface area contributed by atoms with Crippen molar-refractivity contribution in [3.05, 3.63) is 65.9 Å². The molecule has 0 spiro atoms. The summed E-state index contributed by atoms with van der Waals surface area (Å²) in [7, 11) is 1.51. The second-order valence-electron chi connectivity index (χ2n) is 6.95. The number of fused-ring (bicyclic) bond motifs is 1. The van der Waals surface area contributed by atoms with Crippen LogP contribution in [-0.2, 0) is 11.2 Å². The van der Waals surface area contributed by atoms with Crippen LogP contribution in [0.5, 0.6) is 5.75 Å². The number of hydrogen-bond acceptors (Lipinski definition) is 3. The number of hydrogen-bond donors (Lipinski definition) is 3. The van der Waals surface area contributed by atoms with Gasteiger partial charge in [0.15, 0.2) is 0 Å². The van der Waals surface area contributed by atoms with Gasteiger partial charge in [0.05, 0.1) is 12.7 Å². The Morgan fingerprint density at radius 1 is 1.04 bits per heavy atom. The molecule has 1 heterocycles. The third kappa shape index (κ3) is 4.34. The van der Waals surface area contributed by atoms with Crippen molar-refractivity contribution >= 4 is 22.7 Å². The quantitative estimate of drug-likeness (QED) is 0.590. The number of methoxy groups -OCH3 is 1. The van der Waals surface area contributed by atoms with Crippen LogP contribution in [-0.4, -0.2) is 36.0 Å². The van der Waals surface area contributed by atoms with Gasteiger partial charge in [-0.1, -0.05) is 30.3 Å². The van der Waals surface area contributed by atoms with Gasteiger partial charge >= 0.3 is 0 Å². The number of carbonyl (C=O) groups excluding carboxylic acids is 2. The predicted molar refractivity (Wildman–Crippen MR) is 110 cm³/mol. The Labute approximate surface area is 164 Å². The van der Waals surface area contributed by atoms with Crippen LogP contribution in [0.25, 0.3) is 10.9 Å². The van der Waals surface area contributed by atoms with Gasteiger partial charge in [-0.25, -0.2) is 0 Å². The summed E-state index contributed by atoms with van der Waals surface area (Å²) in [4.78, 5) is 28.8. The molecule has 0 saturated carbocycles. The summed E-state index contributed by atoms with van der Waals surface area (Å²) in [6.45, 7) is 3.78. The Morgan fingerprint density at radius 3 is 2.50 bits per heavy atom. The highest BCUT2D eigenvalue weighted by molar-refractivity contribution is 6.00. The Hall–Kier alpha value is -3.28. The highest BCUT2D eigenvalue weighted by Gasteiger charge is 2.24. The van der Waals surface area contributed by atoms with E-state index in [4.69, 9.17) is 4.74 Å². The van der Waals surface area contributed by atoms with Crippen molar-refractivity contribution in [1.82, 2.24) is 15.6 Å². The molecule has 3 N–H and O–H groups in total. The summed E-state index contributed by atoms with van der Waals surface area (Å²) >= 11 is 0. The molecular weight excluding hydrogens is 354 g/mol. The number of carbonyl (C=O) groups is 2. The molecule has 6 nitrogen and oxygen atoms in total. The van der Waals surface area contributed by atoms with E-state index in [1.54, 1.807) is 24.3 Å². The van der Waals surface area contributed by atoms with Crippen LogP contribution in [0.15, 0.2) is 54.7 Å². The molecule has 28 heavy (non-hydrogen) atoms. The predicted octanol–water partition coefficient (Wildman–Crippen LogP) is 3.04. The van der Waals surface area contributed by atoms with Crippen molar-refractivity contribution in [2.24, 2.45) is 0 Å². The highest BCUT2D eigenvalue weighted by atomic mass is 16.5. The molecule has 0 fully saturated rings. The van der Waals surface area contributed by atoms with Crippen LogP contribution in [0.2, 0.25) is 0 Å². The molecule has 1 atom stereocenters. The number of rotatable bonds is 7. The summed E-state index contributed by atoms with van der Waals surface area (Å²) in [5.74, 6) is -0.0974. The third-order valence-electron chi connectivity index (χ3n) is 4.50. The van der Waals surface area contributed by atoms with Crippen molar-refractivity contribution in [2.45, 2.75) is 32.4 Å². The number of aromatic nitrogens is 1. The van der Waals surface area contributed by atoms with Crippen LogP contribution in [0, 0.1) is 0 Å². The number of amides is 2. The maximum absolute atomic E-state index is 12.8. The molecule has 0 aliphatic carbocycles. The molecule has 0 radical (unpaired) electrons. The fraction of sp³-hybridized carbons (Fsp3) is 0.273. The number of para-hydroxylation sites is 2. The van der Waals surface area contributed by atoms with E-state index in [0.717, 1.165) is 16.5 Å². The first kappa shape index (κ1) is 19.5. The summed E-state index contributed by atoms with van der Waals surface area (Å²) in [5.41, 5.74) is 2.36. The van der Waals surface area contributed by atoms with Gasteiger partial charge in [0.2, 0.25) is 5.91 Å². The molecule has 3 aromatic rings. The molecule has 0 saturated heterocycles. The Morgan fingerprint density at radius 2 is 1.75 bits per heavy atom. The van der Waals surface area contributed by atoms with Crippen LogP contribution in [0.1, 0.15) is 29.8 Å². The second-order valence-corrected chi connectivity index (χ2v) is 6.95. The number of benzene rings is 2. The lowest BCUT2D eigenvalue weighted by Gasteiger charge is -2.20. The van der Waals surface area contributed by atoms with Crippen LogP contribution < -0.4 is 15.4 Å². The Kier molecular flexibility index (Phi) is 5.99. The lowest BCUT2D eigenvalue weighted by Crippen LogP contribution is -2.49. The number of aromatic amines is 1. The average molecular weight is 379 g/mol. The van der Waals surface area contributed by atoms with Crippen molar-refractivity contribution < 1.29 is 14.3 Å². The molecule has 2 aromatic carbocycles. The fourth-order valence-corrected chi connectivity index (χ4v) is 3.18. The summed E-state index contributed by atoms with van der Waals surface area (Å²) in [6.07, 6.45) is 2.26. The first-order valence-electron chi connectivity index (χ1n) is 9.29. The minimum atomic E-state index is -0.709. The van der Waals surface area contributed by atoms with Gasteiger partial charge < -0.3 is 20.4 Å². The van der Waals surface area contributed by atoms with E-state index >= 15 is 0 Å². The monoisotopic (exact) mass is 379 g/mol. The van der Waals surface area contributed by atoms with Crippen molar-refractivity contribution in [3.8, 4) is 5.75 Å². The first-order valence-corrected chi connectivity index (χ1v) is 9.29. The van der Waals surface area contributed by atoms with Crippen LogP contribution in [0.4, 0.5) is 0 Å². The average Bonchev–Trinajstić information content (AvgIpc) is 3.09. The van der Waals surface area contributed by atoms with Gasteiger partial charge in [-0.2, -0.15) is 0 Å². The van der Waals surface area contributed by atoms with Crippen LogP contribution >= 0.6 is 0 Å². The van der Waals surface area contributed by atoms with E-state index in [9.17, 15) is 9.59 Å². The minimum absolute atomic E-state index is 0.0267. The molecular formula is C22H25N3O3. The lowest BCUT2D eigenvalue weighted by molar-refractivity contribution is -0.123. The highest BCUT2D eigenvalue weighted by Crippen LogP contribution is 2.20. The maximum Gasteiger partial charge on any atom is 0.255 e. The van der Waals surface area contributed by atoms with Gasteiger partial charge in [0, 0.05) is 29.6 Å². The van der Waals surface area contributed by atoms with E-state index < -0.39 is 6.04 Å². The summed E-state index contributed by atoms with van der Waals surface area (Å²) in [5, 5.41) is 6.80. The van der Waals surface area contributed by atoms with Gasteiger partial charge in [-0.15, -0.1) is 0 Å². The lowest BCUT2D eigenvalue weighted by atomic mass is 10.0. The van der Waals surface area contributed by atoms with Gasteiger partial charge in [-0.05, 0) is 37.6 Å². The second kappa shape index (κ2) is 8.61. The van der Waals surface area contributed by atoms with Crippen molar-refractivity contribution in [2.75, 3.05) is 7.11 Å². The van der Waals surface area contributed by atoms with Crippen LogP contribution in [0.3, 0.4) is 0 Å². The SMILES string of the molecule is COc1ccccc1C(=O)N[C@H](Cc1c[nH]c2ccccc12)C(=O)NC(C)C. The topological polar surface area (TPSA) is 83.2 Å². The Bertz CT molecular complexity index is 978. The number of nitrogens with one attached hydrogen (secondary N) is 3. The van der Waals surface area contributed by atoms with Gasteiger partial charge in [-0.3, -0.25) is 9.59 Å². The zero-order valence-electron chi connectivity index (χ0n) is 16.3. The smallest absolute Gasteiger partial charge is 0.255 e. The van der Waals surface area contributed by atoms with E-state index in [-0.39, 0.29) is 17.9 Å². The molecule has 1 aromatic heterocycles. The number of ether oxygens (including phenoxy) is 1. The van der Waals surface area contributed by atoms with E-state index in [1.165, 1.54) is 7.11 Å². The molecule has 3 rings (SSSR count). The molecule has 2 amide bonds. The van der Waals surface area contributed by atoms with Gasteiger partial charge in [0.1, 0.15) is 11.8 Å².